The molecule has 0 amide bonds. The van der Waals surface area contributed by atoms with E-state index in [4.69, 9.17) is 11.6 Å². The number of aromatic nitrogens is 2. The SMILES string of the molecule is Clc1cccc(CCNc2cc(NCc3ccccc3)ncn2)c1. The molecule has 1 heterocycles. The first-order chi connectivity index (χ1) is 11.8. The summed E-state index contributed by atoms with van der Waals surface area (Å²) in [6.45, 7) is 1.52. The number of benzene rings is 2. The Morgan fingerprint density at radius 1 is 0.792 bits per heavy atom. The average molecular weight is 339 g/mol. The van der Waals surface area contributed by atoms with E-state index in [0.717, 1.165) is 36.2 Å². The van der Waals surface area contributed by atoms with Crippen LogP contribution in [0.15, 0.2) is 67.0 Å². The van der Waals surface area contributed by atoms with Crippen LogP contribution < -0.4 is 10.6 Å². The fourth-order valence-corrected chi connectivity index (χ4v) is 2.58. The summed E-state index contributed by atoms with van der Waals surface area (Å²) in [4.78, 5) is 8.51. The molecule has 0 saturated heterocycles. The summed E-state index contributed by atoms with van der Waals surface area (Å²) in [7, 11) is 0. The molecule has 0 fully saturated rings. The number of nitrogens with zero attached hydrogens (tertiary/aromatic N) is 2. The topological polar surface area (TPSA) is 49.8 Å². The Bertz CT molecular complexity index is 777. The normalized spacial score (nSPS) is 10.4. The maximum Gasteiger partial charge on any atom is 0.131 e. The van der Waals surface area contributed by atoms with Gasteiger partial charge in [0, 0.05) is 24.2 Å². The molecule has 2 aromatic carbocycles. The molecule has 0 unspecified atom stereocenters. The van der Waals surface area contributed by atoms with Crippen molar-refractivity contribution < 1.29 is 0 Å². The summed E-state index contributed by atoms with van der Waals surface area (Å²) in [6, 6.07) is 20.0. The summed E-state index contributed by atoms with van der Waals surface area (Å²) in [5, 5.41) is 7.39. The van der Waals surface area contributed by atoms with Crippen LogP contribution in [0.2, 0.25) is 5.02 Å². The fourth-order valence-electron chi connectivity index (χ4n) is 2.37. The van der Waals surface area contributed by atoms with Crippen molar-refractivity contribution in [2.45, 2.75) is 13.0 Å². The van der Waals surface area contributed by atoms with E-state index in [0.29, 0.717) is 0 Å². The minimum Gasteiger partial charge on any atom is -0.370 e. The van der Waals surface area contributed by atoms with Crippen LogP contribution in [0.5, 0.6) is 0 Å². The molecule has 5 heteroatoms. The monoisotopic (exact) mass is 338 g/mol. The average Bonchev–Trinajstić information content (AvgIpc) is 2.61. The molecule has 0 saturated carbocycles. The van der Waals surface area contributed by atoms with Crippen molar-refractivity contribution in [3.63, 3.8) is 0 Å². The van der Waals surface area contributed by atoms with E-state index in [2.05, 4.69) is 38.8 Å². The molecule has 0 bridgehead atoms. The molecule has 0 radical (unpaired) electrons. The first-order valence-corrected chi connectivity index (χ1v) is 8.25. The molecule has 1 aromatic heterocycles. The van der Waals surface area contributed by atoms with Gasteiger partial charge >= 0.3 is 0 Å². The molecular formula is C19H19ClN4. The number of halogens is 1. The number of anilines is 2. The number of nitrogens with one attached hydrogen (secondary N) is 2. The third-order valence-electron chi connectivity index (χ3n) is 3.59. The standard InChI is InChI=1S/C19H19ClN4/c20-17-8-4-7-15(11-17)9-10-21-18-12-19(24-14-23-18)22-13-16-5-2-1-3-6-16/h1-8,11-12,14H,9-10,13H2,(H2,21,22,23,24). The van der Waals surface area contributed by atoms with Gasteiger partial charge in [0.15, 0.2) is 0 Å². The second-order valence-corrected chi connectivity index (χ2v) is 5.87. The second kappa shape index (κ2) is 8.31. The van der Waals surface area contributed by atoms with Gasteiger partial charge in [0.2, 0.25) is 0 Å². The Hall–Kier alpha value is -2.59. The van der Waals surface area contributed by atoms with E-state index >= 15 is 0 Å². The number of rotatable bonds is 7. The molecule has 24 heavy (non-hydrogen) atoms. The van der Waals surface area contributed by atoms with Gasteiger partial charge in [-0.2, -0.15) is 0 Å². The third kappa shape index (κ3) is 4.96. The molecule has 0 spiro atoms. The van der Waals surface area contributed by atoms with E-state index in [-0.39, 0.29) is 0 Å². The minimum absolute atomic E-state index is 0.736. The van der Waals surface area contributed by atoms with Crippen LogP contribution >= 0.6 is 11.6 Å². The van der Waals surface area contributed by atoms with E-state index < -0.39 is 0 Å². The Morgan fingerprint density at radius 2 is 1.54 bits per heavy atom. The Kier molecular flexibility index (Phi) is 5.64. The van der Waals surface area contributed by atoms with E-state index in [1.54, 1.807) is 6.33 Å². The highest BCUT2D eigenvalue weighted by Crippen LogP contribution is 2.13. The molecule has 0 aliphatic rings. The minimum atomic E-state index is 0.736. The van der Waals surface area contributed by atoms with Gasteiger partial charge in [-0.05, 0) is 29.7 Å². The molecular weight excluding hydrogens is 320 g/mol. The van der Waals surface area contributed by atoms with Crippen molar-refractivity contribution in [1.82, 2.24) is 9.97 Å². The van der Waals surface area contributed by atoms with Gasteiger partial charge in [0.05, 0.1) is 0 Å². The highest BCUT2D eigenvalue weighted by Gasteiger charge is 2.00. The Balaban J connectivity index is 1.51. The van der Waals surface area contributed by atoms with Gasteiger partial charge in [-0.1, -0.05) is 54.1 Å². The van der Waals surface area contributed by atoms with Crippen molar-refractivity contribution in [3.8, 4) is 0 Å². The summed E-state index contributed by atoms with van der Waals surface area (Å²) in [5.74, 6) is 1.61. The number of hydrogen-bond acceptors (Lipinski definition) is 4. The van der Waals surface area contributed by atoms with Gasteiger partial charge in [-0.3, -0.25) is 0 Å². The van der Waals surface area contributed by atoms with E-state index in [9.17, 15) is 0 Å². The lowest BCUT2D eigenvalue weighted by molar-refractivity contribution is 0.996. The second-order valence-electron chi connectivity index (χ2n) is 5.43. The largest absolute Gasteiger partial charge is 0.370 e. The summed E-state index contributed by atoms with van der Waals surface area (Å²) < 4.78 is 0. The van der Waals surface area contributed by atoms with Crippen LogP contribution in [0, 0.1) is 0 Å². The molecule has 122 valence electrons. The molecule has 3 rings (SSSR count). The highest BCUT2D eigenvalue weighted by molar-refractivity contribution is 6.30. The number of hydrogen-bond donors (Lipinski definition) is 2. The van der Waals surface area contributed by atoms with Crippen LogP contribution in [-0.4, -0.2) is 16.5 Å². The quantitative estimate of drug-likeness (QED) is 0.670. The van der Waals surface area contributed by atoms with Gasteiger partial charge in [0.1, 0.15) is 18.0 Å². The van der Waals surface area contributed by atoms with Crippen molar-refractivity contribution >= 4 is 23.2 Å². The predicted octanol–water partition coefficient (Wildman–Crippen LogP) is 4.40. The van der Waals surface area contributed by atoms with Gasteiger partial charge < -0.3 is 10.6 Å². The van der Waals surface area contributed by atoms with Crippen LogP contribution in [0.3, 0.4) is 0 Å². The van der Waals surface area contributed by atoms with Crippen LogP contribution in [0.4, 0.5) is 11.6 Å². The van der Waals surface area contributed by atoms with Crippen LogP contribution in [0.25, 0.3) is 0 Å². The molecule has 2 N–H and O–H groups in total. The molecule has 4 nitrogen and oxygen atoms in total. The predicted molar refractivity (Wildman–Crippen MR) is 99.4 cm³/mol. The summed E-state index contributed by atoms with van der Waals surface area (Å²) in [6.07, 6.45) is 2.45. The van der Waals surface area contributed by atoms with Crippen molar-refractivity contribution in [2.75, 3.05) is 17.2 Å². The van der Waals surface area contributed by atoms with E-state index in [1.807, 2.05) is 42.5 Å². The molecule has 0 aliphatic heterocycles. The Labute approximate surface area is 146 Å². The van der Waals surface area contributed by atoms with Gasteiger partial charge in [-0.25, -0.2) is 9.97 Å². The van der Waals surface area contributed by atoms with Crippen molar-refractivity contribution in [3.05, 3.63) is 83.1 Å². The zero-order valence-corrected chi connectivity index (χ0v) is 14.0. The van der Waals surface area contributed by atoms with Crippen LogP contribution in [0.1, 0.15) is 11.1 Å². The highest BCUT2D eigenvalue weighted by atomic mass is 35.5. The fraction of sp³-hybridized carbons (Fsp3) is 0.158. The molecule has 0 atom stereocenters. The first kappa shape index (κ1) is 16.3. The first-order valence-electron chi connectivity index (χ1n) is 7.88. The van der Waals surface area contributed by atoms with E-state index in [1.165, 1.54) is 11.1 Å². The molecule has 0 aliphatic carbocycles. The zero-order valence-electron chi connectivity index (χ0n) is 13.2. The summed E-state index contributed by atoms with van der Waals surface area (Å²) in [5.41, 5.74) is 2.41. The molecule has 3 aromatic rings. The maximum absolute atomic E-state index is 6.00. The van der Waals surface area contributed by atoms with Gasteiger partial charge in [0.25, 0.3) is 0 Å². The lowest BCUT2D eigenvalue weighted by atomic mass is 10.1. The zero-order chi connectivity index (χ0) is 16.6. The maximum atomic E-state index is 6.00. The van der Waals surface area contributed by atoms with Crippen LogP contribution in [-0.2, 0) is 13.0 Å². The Morgan fingerprint density at radius 3 is 2.33 bits per heavy atom. The van der Waals surface area contributed by atoms with Crippen molar-refractivity contribution in [1.29, 1.82) is 0 Å². The van der Waals surface area contributed by atoms with Gasteiger partial charge in [-0.15, -0.1) is 0 Å². The lowest BCUT2D eigenvalue weighted by Crippen LogP contribution is -2.08. The smallest absolute Gasteiger partial charge is 0.131 e. The lowest BCUT2D eigenvalue weighted by Gasteiger charge is -2.09. The van der Waals surface area contributed by atoms with Crippen molar-refractivity contribution in [2.24, 2.45) is 0 Å². The third-order valence-corrected chi connectivity index (χ3v) is 3.83. The summed E-state index contributed by atoms with van der Waals surface area (Å²) >= 11 is 6.00.